The zero-order valence-corrected chi connectivity index (χ0v) is 12.3. The molecule has 20 heavy (non-hydrogen) atoms. The van der Waals surface area contributed by atoms with Crippen LogP contribution < -0.4 is 5.32 Å². The highest BCUT2D eigenvalue weighted by molar-refractivity contribution is 5.69. The van der Waals surface area contributed by atoms with Crippen molar-refractivity contribution in [2.75, 3.05) is 31.7 Å². The van der Waals surface area contributed by atoms with Gasteiger partial charge in [0.25, 0.3) is 0 Å². The van der Waals surface area contributed by atoms with Crippen LogP contribution in [0.2, 0.25) is 0 Å². The van der Waals surface area contributed by atoms with E-state index in [1.807, 2.05) is 30.3 Å². The van der Waals surface area contributed by atoms with Crippen molar-refractivity contribution >= 4 is 11.7 Å². The first-order chi connectivity index (χ1) is 9.83. The van der Waals surface area contributed by atoms with Gasteiger partial charge >= 0.3 is 5.97 Å². The summed E-state index contributed by atoms with van der Waals surface area (Å²) < 4.78 is 10.4. The molecule has 0 saturated carbocycles. The van der Waals surface area contributed by atoms with Crippen LogP contribution in [0, 0.1) is 0 Å². The van der Waals surface area contributed by atoms with Gasteiger partial charge in [0.1, 0.15) is 6.61 Å². The van der Waals surface area contributed by atoms with E-state index in [2.05, 4.69) is 12.2 Å². The largest absolute Gasteiger partial charge is 0.463 e. The molecule has 1 aromatic rings. The molecule has 0 fully saturated rings. The molecule has 0 spiro atoms. The van der Waals surface area contributed by atoms with Gasteiger partial charge in [-0.25, -0.2) is 0 Å². The van der Waals surface area contributed by atoms with Gasteiger partial charge in [-0.15, -0.1) is 0 Å². The highest BCUT2D eigenvalue weighted by Crippen LogP contribution is 2.05. The van der Waals surface area contributed by atoms with Gasteiger partial charge in [0.15, 0.2) is 0 Å². The number of para-hydroxylation sites is 1. The lowest BCUT2D eigenvalue weighted by molar-refractivity contribution is -0.145. The predicted octanol–water partition coefficient (Wildman–Crippen LogP) is 3.24. The standard InChI is InChI=1S/C16H25NO3/c1-2-3-12-19-13-14-20-16(18)10-7-11-17-15-8-5-4-6-9-15/h4-6,8-9,17H,2-3,7,10-14H2,1H3. The topological polar surface area (TPSA) is 47.6 Å². The molecule has 0 radical (unpaired) electrons. The van der Waals surface area contributed by atoms with Gasteiger partial charge in [-0.2, -0.15) is 0 Å². The molecule has 112 valence electrons. The normalized spacial score (nSPS) is 10.2. The fourth-order valence-electron chi connectivity index (χ4n) is 1.66. The van der Waals surface area contributed by atoms with Crippen molar-refractivity contribution in [2.24, 2.45) is 0 Å². The summed E-state index contributed by atoms with van der Waals surface area (Å²) in [5.74, 6) is -0.154. The van der Waals surface area contributed by atoms with E-state index in [-0.39, 0.29) is 5.97 Å². The molecule has 4 nitrogen and oxygen atoms in total. The number of ether oxygens (including phenoxy) is 2. The summed E-state index contributed by atoms with van der Waals surface area (Å²) in [5.41, 5.74) is 1.07. The SMILES string of the molecule is CCCCOCCOC(=O)CCCNc1ccccc1. The first-order valence-corrected chi connectivity index (χ1v) is 7.35. The molecule has 4 heteroatoms. The zero-order valence-electron chi connectivity index (χ0n) is 12.3. The van der Waals surface area contributed by atoms with E-state index in [0.717, 1.165) is 38.1 Å². The second-order valence-electron chi connectivity index (χ2n) is 4.58. The average Bonchev–Trinajstić information content (AvgIpc) is 2.48. The Morgan fingerprint density at radius 1 is 1.10 bits per heavy atom. The van der Waals surface area contributed by atoms with Gasteiger partial charge in [-0.1, -0.05) is 31.5 Å². The zero-order chi connectivity index (χ0) is 14.5. The number of benzene rings is 1. The Balaban J connectivity index is 1.92. The lowest BCUT2D eigenvalue weighted by Gasteiger charge is -2.07. The van der Waals surface area contributed by atoms with Crippen LogP contribution in [0.5, 0.6) is 0 Å². The minimum Gasteiger partial charge on any atom is -0.463 e. The Labute approximate surface area is 121 Å². The third-order valence-corrected chi connectivity index (χ3v) is 2.79. The number of nitrogens with one attached hydrogen (secondary N) is 1. The van der Waals surface area contributed by atoms with Crippen LogP contribution in [0.25, 0.3) is 0 Å². The molecule has 0 aliphatic rings. The molecule has 0 unspecified atom stereocenters. The van der Waals surface area contributed by atoms with Crippen molar-refractivity contribution in [1.29, 1.82) is 0 Å². The van der Waals surface area contributed by atoms with Crippen LogP contribution >= 0.6 is 0 Å². The summed E-state index contributed by atoms with van der Waals surface area (Å²) in [5, 5.41) is 3.26. The van der Waals surface area contributed by atoms with E-state index < -0.39 is 0 Å². The van der Waals surface area contributed by atoms with E-state index in [9.17, 15) is 4.79 Å². The molecule has 1 N–H and O–H groups in total. The first-order valence-electron chi connectivity index (χ1n) is 7.35. The van der Waals surface area contributed by atoms with E-state index in [4.69, 9.17) is 9.47 Å². The summed E-state index contributed by atoms with van der Waals surface area (Å²) in [4.78, 5) is 11.4. The van der Waals surface area contributed by atoms with Crippen LogP contribution in [-0.4, -0.2) is 32.3 Å². The minimum absolute atomic E-state index is 0.154. The van der Waals surface area contributed by atoms with Crippen molar-refractivity contribution in [3.05, 3.63) is 30.3 Å². The molecule has 0 bridgehead atoms. The lowest BCUT2D eigenvalue weighted by Crippen LogP contribution is -2.12. The molecule has 0 amide bonds. The third-order valence-electron chi connectivity index (χ3n) is 2.79. The van der Waals surface area contributed by atoms with E-state index in [1.165, 1.54) is 0 Å². The van der Waals surface area contributed by atoms with Crippen molar-refractivity contribution in [2.45, 2.75) is 32.6 Å². The van der Waals surface area contributed by atoms with Gasteiger partial charge in [-0.05, 0) is 25.0 Å². The predicted molar refractivity (Wildman–Crippen MR) is 80.9 cm³/mol. The molecule has 0 aliphatic carbocycles. The summed E-state index contributed by atoms with van der Waals surface area (Å²) in [7, 11) is 0. The van der Waals surface area contributed by atoms with Crippen LogP contribution in [0.3, 0.4) is 0 Å². The fourth-order valence-corrected chi connectivity index (χ4v) is 1.66. The van der Waals surface area contributed by atoms with Crippen molar-refractivity contribution in [3.8, 4) is 0 Å². The first kappa shape index (κ1) is 16.5. The van der Waals surface area contributed by atoms with Gasteiger partial charge in [0, 0.05) is 25.3 Å². The molecule has 0 aromatic heterocycles. The van der Waals surface area contributed by atoms with Crippen molar-refractivity contribution in [1.82, 2.24) is 0 Å². The van der Waals surface area contributed by atoms with E-state index in [0.29, 0.717) is 19.6 Å². The molecule has 0 saturated heterocycles. The number of carbonyl (C=O) groups is 1. The Morgan fingerprint density at radius 3 is 2.65 bits per heavy atom. The lowest BCUT2D eigenvalue weighted by atomic mass is 10.3. The van der Waals surface area contributed by atoms with Crippen molar-refractivity contribution in [3.63, 3.8) is 0 Å². The molecular formula is C16H25NO3. The summed E-state index contributed by atoms with van der Waals surface area (Å²) in [6.07, 6.45) is 3.38. The van der Waals surface area contributed by atoms with Crippen LogP contribution in [0.1, 0.15) is 32.6 Å². The number of hydrogen-bond donors (Lipinski definition) is 1. The van der Waals surface area contributed by atoms with Crippen LogP contribution in [0.4, 0.5) is 5.69 Å². The summed E-state index contributed by atoms with van der Waals surface area (Å²) >= 11 is 0. The number of carbonyl (C=O) groups excluding carboxylic acids is 1. The van der Waals surface area contributed by atoms with Crippen molar-refractivity contribution < 1.29 is 14.3 Å². The quantitative estimate of drug-likeness (QED) is 0.499. The summed E-state index contributed by atoms with van der Waals surface area (Å²) in [6.45, 7) is 4.48. The number of anilines is 1. The molecule has 0 aliphatic heterocycles. The second kappa shape index (κ2) is 11.3. The highest BCUT2D eigenvalue weighted by atomic mass is 16.6. The molecule has 1 rings (SSSR count). The maximum atomic E-state index is 11.4. The Hall–Kier alpha value is -1.55. The molecular weight excluding hydrogens is 254 g/mol. The fraction of sp³-hybridized carbons (Fsp3) is 0.562. The smallest absolute Gasteiger partial charge is 0.305 e. The van der Waals surface area contributed by atoms with Gasteiger partial charge < -0.3 is 14.8 Å². The molecule has 0 heterocycles. The van der Waals surface area contributed by atoms with Gasteiger partial charge in [0.05, 0.1) is 6.61 Å². The Bertz CT molecular complexity index is 354. The summed E-state index contributed by atoms with van der Waals surface area (Å²) in [6, 6.07) is 9.95. The number of unbranched alkanes of at least 4 members (excludes halogenated alkanes) is 1. The van der Waals surface area contributed by atoms with E-state index >= 15 is 0 Å². The third kappa shape index (κ3) is 8.53. The average molecular weight is 279 g/mol. The number of esters is 1. The van der Waals surface area contributed by atoms with E-state index in [1.54, 1.807) is 0 Å². The van der Waals surface area contributed by atoms with Gasteiger partial charge in [-0.3, -0.25) is 4.79 Å². The van der Waals surface area contributed by atoms with Gasteiger partial charge in [0.2, 0.25) is 0 Å². The Kier molecular flexibility index (Phi) is 9.32. The van der Waals surface area contributed by atoms with Crippen LogP contribution in [0.15, 0.2) is 30.3 Å². The van der Waals surface area contributed by atoms with Crippen LogP contribution in [-0.2, 0) is 14.3 Å². The number of rotatable bonds is 11. The highest BCUT2D eigenvalue weighted by Gasteiger charge is 2.02. The Morgan fingerprint density at radius 2 is 1.90 bits per heavy atom. The number of hydrogen-bond acceptors (Lipinski definition) is 4. The monoisotopic (exact) mass is 279 g/mol. The molecule has 1 aromatic carbocycles. The maximum absolute atomic E-state index is 11.4. The second-order valence-corrected chi connectivity index (χ2v) is 4.58. The maximum Gasteiger partial charge on any atom is 0.305 e. The molecule has 0 atom stereocenters. The minimum atomic E-state index is -0.154.